The van der Waals surface area contributed by atoms with E-state index in [1.54, 1.807) is 0 Å². The molecule has 0 spiro atoms. The highest BCUT2D eigenvalue weighted by Crippen LogP contribution is 2.55. The molecule has 11 aromatic carbocycles. The van der Waals surface area contributed by atoms with E-state index in [0.717, 1.165) is 78.0 Å². The van der Waals surface area contributed by atoms with Gasteiger partial charge in [0.15, 0.2) is 11.2 Å². The van der Waals surface area contributed by atoms with Crippen LogP contribution in [0.3, 0.4) is 0 Å². The van der Waals surface area contributed by atoms with Crippen LogP contribution < -0.4 is 9.80 Å². The summed E-state index contributed by atoms with van der Waals surface area (Å²) in [6, 6.07) is 71.7. The van der Waals surface area contributed by atoms with Crippen molar-refractivity contribution < 1.29 is 8.83 Å². The summed E-state index contributed by atoms with van der Waals surface area (Å²) in [7, 11) is 0. The highest BCUT2D eigenvalue weighted by atomic mass is 16.3. The van der Waals surface area contributed by atoms with Gasteiger partial charge in [0.2, 0.25) is 0 Å². The van der Waals surface area contributed by atoms with Crippen molar-refractivity contribution in [3.8, 4) is 11.1 Å². The van der Waals surface area contributed by atoms with Crippen molar-refractivity contribution in [3.05, 3.63) is 216 Å². The highest BCUT2D eigenvalue weighted by Gasteiger charge is 2.36. The van der Waals surface area contributed by atoms with E-state index in [-0.39, 0.29) is 5.41 Å². The van der Waals surface area contributed by atoms with Gasteiger partial charge in [-0.05, 0) is 145 Å². The van der Waals surface area contributed by atoms with Crippen molar-refractivity contribution in [1.82, 2.24) is 0 Å². The first-order valence-corrected chi connectivity index (χ1v) is 25.1. The first-order chi connectivity index (χ1) is 34.6. The van der Waals surface area contributed by atoms with Crippen LogP contribution in [-0.4, -0.2) is 0 Å². The minimum absolute atomic E-state index is 0.342. The molecule has 0 radical (unpaired) electrons. The topological polar surface area (TPSA) is 32.8 Å². The van der Waals surface area contributed by atoms with Crippen molar-refractivity contribution in [2.24, 2.45) is 0 Å². The summed E-state index contributed by atoms with van der Waals surface area (Å²) >= 11 is 0. The van der Waals surface area contributed by atoms with Gasteiger partial charge in [-0.25, -0.2) is 0 Å². The Bertz CT molecular complexity index is 4260. The van der Waals surface area contributed by atoms with Gasteiger partial charge in [-0.2, -0.15) is 0 Å². The number of fused-ring (bicyclic) bond motifs is 8. The van der Waals surface area contributed by atoms with Crippen LogP contribution in [0, 0.1) is 0 Å². The Morgan fingerprint density at radius 3 is 1.51 bits per heavy atom. The summed E-state index contributed by atoms with van der Waals surface area (Å²) in [5, 5.41) is 12.1. The molecule has 342 valence electrons. The number of hydrogen-bond acceptors (Lipinski definition) is 4. The van der Waals surface area contributed by atoms with Gasteiger partial charge in [0.25, 0.3) is 0 Å². The van der Waals surface area contributed by atoms with Gasteiger partial charge in [-0.1, -0.05) is 163 Å². The predicted octanol–water partition coefficient (Wildman–Crippen LogP) is 19.9. The van der Waals surface area contributed by atoms with E-state index in [2.05, 4.69) is 239 Å². The largest absolute Gasteiger partial charge is 0.454 e. The van der Waals surface area contributed by atoms with Gasteiger partial charge < -0.3 is 18.6 Å². The van der Waals surface area contributed by atoms with E-state index in [1.807, 2.05) is 6.07 Å². The Morgan fingerprint density at radius 2 is 0.887 bits per heavy atom. The molecular formula is C67H52N2O2. The quantitative estimate of drug-likeness (QED) is 0.142. The zero-order valence-corrected chi connectivity index (χ0v) is 40.8. The number of benzene rings is 11. The summed E-state index contributed by atoms with van der Waals surface area (Å²) in [4.78, 5) is 4.81. The maximum absolute atomic E-state index is 6.77. The lowest BCUT2D eigenvalue weighted by Gasteiger charge is -2.37. The number of furan rings is 2. The third-order valence-electron chi connectivity index (χ3n) is 15.8. The van der Waals surface area contributed by atoms with Crippen LogP contribution in [0.15, 0.2) is 203 Å². The van der Waals surface area contributed by atoms with Gasteiger partial charge in [-0.15, -0.1) is 0 Å². The lowest BCUT2D eigenvalue weighted by molar-refractivity contribution is 0.646. The first kappa shape index (κ1) is 41.6. The molecule has 0 saturated carbocycles. The molecule has 4 nitrogen and oxygen atoms in total. The normalized spacial score (nSPS) is 13.3. The summed E-state index contributed by atoms with van der Waals surface area (Å²) in [5.74, 6) is 0.851. The monoisotopic (exact) mass is 916 g/mol. The van der Waals surface area contributed by atoms with Crippen LogP contribution in [0.5, 0.6) is 0 Å². The van der Waals surface area contributed by atoms with Gasteiger partial charge in [0.1, 0.15) is 11.2 Å². The smallest absolute Gasteiger partial charge is 0.159 e. The zero-order valence-electron chi connectivity index (χ0n) is 40.8. The molecule has 2 aromatic heterocycles. The fourth-order valence-corrected chi connectivity index (χ4v) is 12.1. The Labute approximate surface area is 413 Å². The van der Waals surface area contributed by atoms with Crippen LogP contribution in [0.25, 0.3) is 87.3 Å². The minimum atomic E-state index is -0.342. The average Bonchev–Trinajstić information content (AvgIpc) is 3.98. The van der Waals surface area contributed by atoms with Gasteiger partial charge in [0.05, 0.1) is 17.1 Å². The fraction of sp³-hybridized carbons (Fsp3) is 0.134. The predicted molar refractivity (Wildman–Crippen MR) is 300 cm³/mol. The highest BCUT2D eigenvalue weighted by molar-refractivity contribution is 6.30. The lowest BCUT2D eigenvalue weighted by atomic mass is 9.67. The first-order valence-electron chi connectivity index (χ1n) is 25.1. The molecule has 0 amide bonds. The number of anilines is 6. The molecular weight excluding hydrogens is 865 g/mol. The van der Waals surface area contributed by atoms with Crippen LogP contribution in [-0.2, 0) is 5.41 Å². The molecule has 13 aromatic rings. The average molecular weight is 917 g/mol. The van der Waals surface area contributed by atoms with Crippen molar-refractivity contribution >= 4 is 110 Å². The maximum Gasteiger partial charge on any atom is 0.159 e. The Balaban J connectivity index is 0.977. The Morgan fingerprint density at radius 1 is 0.366 bits per heavy atom. The van der Waals surface area contributed by atoms with E-state index >= 15 is 0 Å². The minimum Gasteiger partial charge on any atom is -0.454 e. The summed E-state index contributed by atoms with van der Waals surface area (Å²) in [6.07, 6.45) is 0. The van der Waals surface area contributed by atoms with Crippen LogP contribution >= 0.6 is 0 Å². The third kappa shape index (κ3) is 6.10. The zero-order chi connectivity index (χ0) is 47.9. The number of hydrogen-bond donors (Lipinski definition) is 0. The van der Waals surface area contributed by atoms with E-state index in [4.69, 9.17) is 8.83 Å². The van der Waals surface area contributed by atoms with Crippen LogP contribution in [0.1, 0.15) is 75.6 Å². The summed E-state index contributed by atoms with van der Waals surface area (Å²) in [6.45, 7) is 13.8. The van der Waals surface area contributed by atoms with Crippen molar-refractivity contribution in [3.63, 3.8) is 0 Å². The molecule has 0 unspecified atom stereocenters. The second kappa shape index (κ2) is 15.3. The van der Waals surface area contributed by atoms with Crippen molar-refractivity contribution in [2.75, 3.05) is 9.80 Å². The van der Waals surface area contributed by atoms with Crippen LogP contribution in [0.2, 0.25) is 0 Å². The molecule has 0 N–H and O–H groups in total. The molecule has 0 bridgehead atoms. The molecule has 14 rings (SSSR count). The maximum atomic E-state index is 6.77. The molecule has 71 heavy (non-hydrogen) atoms. The van der Waals surface area contributed by atoms with E-state index in [9.17, 15) is 0 Å². The molecule has 1 aliphatic rings. The standard InChI is InChI=1S/C67H52N2O2/c1-39(2)41-21-28-45(29-22-41)68(58-17-11-15-52-49-13-7-9-19-60(49)70-65(52)58)47-32-35-48-51-33-25-43-26-34-54-57(36-27-44-37-56(64(51)63(43)62(44)54)67(5,6)55(48)38-47)69(46-30-23-42(24-31-46)40(3)4)59-18-12-16-53-50-14-8-10-20-61(50)71-66(53)59/h7-40H,1-6H3. The molecule has 1 aliphatic carbocycles. The second-order valence-corrected chi connectivity index (χ2v) is 20.8. The molecule has 0 atom stereocenters. The lowest BCUT2D eigenvalue weighted by Crippen LogP contribution is -2.24. The Kier molecular flexibility index (Phi) is 8.99. The second-order valence-electron chi connectivity index (χ2n) is 20.8. The van der Waals surface area contributed by atoms with Gasteiger partial charge in [0, 0.05) is 49.4 Å². The molecule has 4 heteroatoms. The third-order valence-corrected chi connectivity index (χ3v) is 15.8. The number of nitrogens with zero attached hydrogens (tertiary/aromatic N) is 2. The molecule has 0 saturated heterocycles. The summed E-state index contributed by atoms with van der Waals surface area (Å²) < 4.78 is 13.5. The number of para-hydroxylation sites is 4. The molecule has 2 heterocycles. The molecule has 0 aliphatic heterocycles. The van der Waals surface area contributed by atoms with Crippen LogP contribution in [0.4, 0.5) is 34.1 Å². The van der Waals surface area contributed by atoms with E-state index in [1.165, 1.54) is 65.7 Å². The van der Waals surface area contributed by atoms with Crippen molar-refractivity contribution in [1.29, 1.82) is 0 Å². The van der Waals surface area contributed by atoms with E-state index < -0.39 is 0 Å². The van der Waals surface area contributed by atoms with Gasteiger partial charge >= 0.3 is 0 Å². The number of rotatable bonds is 8. The summed E-state index contributed by atoms with van der Waals surface area (Å²) in [5.41, 5.74) is 17.4. The molecule has 0 fully saturated rings. The fourth-order valence-electron chi connectivity index (χ4n) is 12.1. The van der Waals surface area contributed by atoms with Gasteiger partial charge in [-0.3, -0.25) is 0 Å². The Hall–Kier alpha value is -8.34. The SMILES string of the molecule is CC(C)c1ccc(N(c2ccc3c(c2)C(C)(C)c2cc4ccc(N(c5ccc(C(C)C)cc5)c5cccc6c5oc5ccccc56)c5ccc6ccc-3c2c6c45)c2cccc3c2oc2ccccc23)cc1. The van der Waals surface area contributed by atoms with Crippen molar-refractivity contribution in [2.45, 2.75) is 58.8 Å². The van der Waals surface area contributed by atoms with E-state index in [0.29, 0.717) is 11.8 Å².